The smallest absolute Gasteiger partial charge is 0.248 e. The monoisotopic (exact) mass is 249 g/mol. The van der Waals surface area contributed by atoms with Crippen LogP contribution in [0.25, 0.3) is 0 Å². The number of alkyl halides is 2. The van der Waals surface area contributed by atoms with Gasteiger partial charge in [0, 0.05) is 31.7 Å². The largest absolute Gasteiger partial charge is 0.409 e. The van der Waals surface area contributed by atoms with Gasteiger partial charge in [0.2, 0.25) is 11.8 Å². The number of amidine groups is 1. The Bertz CT molecular complexity index is 308. The van der Waals surface area contributed by atoms with Crippen molar-refractivity contribution in [2.24, 2.45) is 16.8 Å². The van der Waals surface area contributed by atoms with Crippen molar-refractivity contribution in [1.82, 2.24) is 5.32 Å². The zero-order valence-corrected chi connectivity index (χ0v) is 9.46. The van der Waals surface area contributed by atoms with Crippen LogP contribution >= 0.6 is 0 Å². The molecule has 4 N–H and O–H groups in total. The highest BCUT2D eigenvalue weighted by molar-refractivity contribution is 5.80. The van der Waals surface area contributed by atoms with E-state index in [2.05, 4.69) is 10.5 Å². The quantitative estimate of drug-likeness (QED) is 0.224. The molecule has 1 fully saturated rings. The van der Waals surface area contributed by atoms with Crippen LogP contribution in [0.15, 0.2) is 5.16 Å². The van der Waals surface area contributed by atoms with E-state index in [1.807, 2.05) is 0 Å². The van der Waals surface area contributed by atoms with Crippen LogP contribution < -0.4 is 11.1 Å². The molecule has 0 aromatic heterocycles. The first-order chi connectivity index (χ1) is 7.94. The molecule has 1 aliphatic carbocycles. The normalized spacial score (nSPS) is 23.6. The van der Waals surface area contributed by atoms with Crippen molar-refractivity contribution in [2.45, 2.75) is 38.0 Å². The number of hydrogen-bond acceptors (Lipinski definition) is 3. The summed E-state index contributed by atoms with van der Waals surface area (Å²) in [5, 5.41) is 13.6. The molecule has 1 atom stereocenters. The lowest BCUT2D eigenvalue weighted by Gasteiger charge is -2.11. The maximum absolute atomic E-state index is 12.9. The van der Waals surface area contributed by atoms with Gasteiger partial charge in [-0.25, -0.2) is 8.78 Å². The molecular weight excluding hydrogens is 232 g/mol. The van der Waals surface area contributed by atoms with Crippen LogP contribution in [0.5, 0.6) is 0 Å². The summed E-state index contributed by atoms with van der Waals surface area (Å²) in [6.45, 7) is 0.344. The standard InChI is InChI=1S/C10H17F2N3O2/c11-10(12)4-3-7(6-10)9(16)14-5-1-2-8(13)15-17/h7,17H,1-6H2,(H2,13,15)(H,14,16). The van der Waals surface area contributed by atoms with E-state index in [9.17, 15) is 13.6 Å². The van der Waals surface area contributed by atoms with Gasteiger partial charge in [-0.15, -0.1) is 0 Å². The Hall–Kier alpha value is -1.40. The van der Waals surface area contributed by atoms with Crippen LogP contribution in [-0.4, -0.2) is 29.4 Å². The first-order valence-electron chi connectivity index (χ1n) is 5.56. The average Bonchev–Trinajstić information content (AvgIpc) is 2.64. The third kappa shape index (κ3) is 4.54. The van der Waals surface area contributed by atoms with Crippen molar-refractivity contribution in [1.29, 1.82) is 0 Å². The molecule has 0 saturated heterocycles. The van der Waals surface area contributed by atoms with Gasteiger partial charge in [-0.3, -0.25) is 4.79 Å². The van der Waals surface area contributed by atoms with Gasteiger partial charge >= 0.3 is 0 Å². The van der Waals surface area contributed by atoms with E-state index in [-0.39, 0.29) is 31.0 Å². The fraction of sp³-hybridized carbons (Fsp3) is 0.800. The van der Waals surface area contributed by atoms with Crippen molar-refractivity contribution in [3.05, 3.63) is 0 Å². The molecule has 0 aromatic carbocycles. The highest BCUT2D eigenvalue weighted by Crippen LogP contribution is 2.38. The first-order valence-corrected chi connectivity index (χ1v) is 5.56. The van der Waals surface area contributed by atoms with E-state index in [1.54, 1.807) is 0 Å². The summed E-state index contributed by atoms with van der Waals surface area (Å²) in [6, 6.07) is 0. The topological polar surface area (TPSA) is 87.7 Å². The van der Waals surface area contributed by atoms with Crippen molar-refractivity contribution in [3.63, 3.8) is 0 Å². The molecule has 1 aliphatic rings. The molecule has 0 heterocycles. The van der Waals surface area contributed by atoms with E-state index < -0.39 is 11.8 Å². The molecule has 98 valence electrons. The van der Waals surface area contributed by atoms with Gasteiger partial charge in [0.1, 0.15) is 5.84 Å². The van der Waals surface area contributed by atoms with Crippen LogP contribution in [0.3, 0.4) is 0 Å². The lowest BCUT2D eigenvalue weighted by atomic mass is 10.1. The van der Waals surface area contributed by atoms with Crippen LogP contribution in [0, 0.1) is 5.92 Å². The molecule has 1 amide bonds. The molecule has 1 rings (SSSR count). The summed E-state index contributed by atoms with van der Waals surface area (Å²) in [6.07, 6.45) is 0.537. The summed E-state index contributed by atoms with van der Waals surface area (Å²) < 4.78 is 25.7. The summed E-state index contributed by atoms with van der Waals surface area (Å²) >= 11 is 0. The number of nitrogens with two attached hydrogens (primary N) is 1. The molecule has 0 aliphatic heterocycles. The maximum Gasteiger partial charge on any atom is 0.248 e. The lowest BCUT2D eigenvalue weighted by Crippen LogP contribution is -2.31. The van der Waals surface area contributed by atoms with Gasteiger partial charge in [-0.05, 0) is 12.8 Å². The minimum atomic E-state index is -2.70. The van der Waals surface area contributed by atoms with E-state index in [0.29, 0.717) is 19.4 Å². The molecule has 1 saturated carbocycles. The Morgan fingerprint density at radius 3 is 2.82 bits per heavy atom. The number of oxime groups is 1. The van der Waals surface area contributed by atoms with Crippen LogP contribution in [-0.2, 0) is 4.79 Å². The fourth-order valence-corrected chi connectivity index (χ4v) is 1.85. The van der Waals surface area contributed by atoms with E-state index in [4.69, 9.17) is 10.9 Å². The zero-order valence-electron chi connectivity index (χ0n) is 9.46. The second-order valence-corrected chi connectivity index (χ2v) is 4.28. The van der Waals surface area contributed by atoms with Gasteiger partial charge in [-0.1, -0.05) is 5.16 Å². The van der Waals surface area contributed by atoms with Crippen molar-refractivity contribution in [3.8, 4) is 0 Å². The van der Waals surface area contributed by atoms with Crippen LogP contribution in [0.1, 0.15) is 32.1 Å². The molecular formula is C10H17F2N3O2. The minimum absolute atomic E-state index is 0.0895. The Morgan fingerprint density at radius 2 is 2.29 bits per heavy atom. The lowest BCUT2D eigenvalue weighted by molar-refractivity contribution is -0.125. The summed E-state index contributed by atoms with van der Waals surface area (Å²) in [4.78, 5) is 11.5. The van der Waals surface area contributed by atoms with Gasteiger partial charge in [-0.2, -0.15) is 0 Å². The minimum Gasteiger partial charge on any atom is -0.409 e. The fourth-order valence-electron chi connectivity index (χ4n) is 1.85. The molecule has 17 heavy (non-hydrogen) atoms. The number of nitrogens with one attached hydrogen (secondary N) is 1. The predicted octanol–water partition coefficient (Wildman–Crippen LogP) is 1.06. The van der Waals surface area contributed by atoms with Gasteiger partial charge in [0.15, 0.2) is 0 Å². The number of rotatable bonds is 5. The SMILES string of the molecule is NC(CCCNC(=O)C1CCC(F)(F)C1)=NO. The summed E-state index contributed by atoms with van der Waals surface area (Å²) in [5.74, 6) is -3.53. The molecule has 0 spiro atoms. The highest BCUT2D eigenvalue weighted by Gasteiger charge is 2.42. The van der Waals surface area contributed by atoms with E-state index in [1.165, 1.54) is 0 Å². The Morgan fingerprint density at radius 1 is 1.59 bits per heavy atom. The predicted molar refractivity (Wildman–Crippen MR) is 57.9 cm³/mol. The van der Waals surface area contributed by atoms with Gasteiger partial charge < -0.3 is 16.3 Å². The van der Waals surface area contributed by atoms with Crippen molar-refractivity contribution < 1.29 is 18.8 Å². The van der Waals surface area contributed by atoms with Crippen LogP contribution in [0.4, 0.5) is 8.78 Å². The third-order valence-electron chi connectivity index (χ3n) is 2.81. The number of carbonyl (C=O) groups is 1. The highest BCUT2D eigenvalue weighted by atomic mass is 19.3. The Balaban J connectivity index is 2.18. The van der Waals surface area contributed by atoms with E-state index >= 15 is 0 Å². The second kappa shape index (κ2) is 5.79. The van der Waals surface area contributed by atoms with Crippen molar-refractivity contribution in [2.75, 3.05) is 6.54 Å². The number of hydrogen-bond donors (Lipinski definition) is 3. The average molecular weight is 249 g/mol. The Kier molecular flexibility index (Phi) is 4.65. The second-order valence-electron chi connectivity index (χ2n) is 4.28. The maximum atomic E-state index is 12.9. The Labute approximate surface area is 98.0 Å². The number of amides is 1. The first kappa shape index (κ1) is 13.7. The molecule has 1 unspecified atom stereocenters. The van der Waals surface area contributed by atoms with Gasteiger partial charge in [0.05, 0.1) is 0 Å². The zero-order chi connectivity index (χ0) is 12.9. The third-order valence-corrected chi connectivity index (χ3v) is 2.81. The summed E-state index contributed by atoms with van der Waals surface area (Å²) in [7, 11) is 0. The summed E-state index contributed by atoms with van der Waals surface area (Å²) in [5.41, 5.74) is 5.24. The number of carbonyl (C=O) groups excluding carboxylic acids is 1. The van der Waals surface area contributed by atoms with Crippen molar-refractivity contribution >= 4 is 11.7 Å². The molecule has 5 nitrogen and oxygen atoms in total. The van der Waals surface area contributed by atoms with Gasteiger partial charge in [0.25, 0.3) is 0 Å². The van der Waals surface area contributed by atoms with E-state index in [0.717, 1.165) is 0 Å². The molecule has 0 radical (unpaired) electrons. The molecule has 7 heteroatoms. The van der Waals surface area contributed by atoms with Crippen LogP contribution in [0.2, 0.25) is 0 Å². The molecule has 0 aromatic rings. The number of nitrogens with zero attached hydrogens (tertiary/aromatic N) is 1. The molecule has 0 bridgehead atoms. The number of halogens is 2.